The van der Waals surface area contributed by atoms with Crippen molar-refractivity contribution in [1.82, 2.24) is 15.2 Å². The molecule has 38 heavy (non-hydrogen) atoms. The quantitative estimate of drug-likeness (QED) is 0.267. The molecule has 2 aromatic carbocycles. The van der Waals surface area contributed by atoms with Crippen molar-refractivity contribution < 1.29 is 18.7 Å². The van der Waals surface area contributed by atoms with Crippen molar-refractivity contribution in [2.24, 2.45) is 0 Å². The summed E-state index contributed by atoms with van der Waals surface area (Å²) in [4.78, 5) is 32.7. The minimum absolute atomic E-state index is 0.0154. The number of carbonyl (C=O) groups is 2. The fraction of sp³-hybridized carbons (Fsp3) is 0.323. The topological polar surface area (TPSA) is 84.7 Å². The highest BCUT2D eigenvalue weighted by Gasteiger charge is 2.37. The van der Waals surface area contributed by atoms with Crippen molar-refractivity contribution >= 4 is 23.0 Å². The number of esters is 1. The van der Waals surface area contributed by atoms with E-state index in [0.29, 0.717) is 12.2 Å². The van der Waals surface area contributed by atoms with Crippen LogP contribution in [0.1, 0.15) is 68.2 Å². The Balaban J connectivity index is 1.64. The average Bonchev–Trinajstić information content (AvgIpc) is 3.50. The van der Waals surface area contributed by atoms with Gasteiger partial charge in [0, 0.05) is 34.7 Å². The molecule has 7 nitrogen and oxygen atoms in total. The van der Waals surface area contributed by atoms with Gasteiger partial charge in [-0.05, 0) is 57.0 Å². The molecular weight excluding hydrogens is 478 g/mol. The lowest BCUT2D eigenvalue weighted by Crippen LogP contribution is -2.42. The molecule has 0 unspecified atom stereocenters. The molecule has 196 valence electrons. The zero-order chi connectivity index (χ0) is 26.8. The van der Waals surface area contributed by atoms with E-state index in [-0.39, 0.29) is 30.4 Å². The Kier molecular flexibility index (Phi) is 7.18. The summed E-state index contributed by atoms with van der Waals surface area (Å²) in [7, 11) is 0. The van der Waals surface area contributed by atoms with Crippen molar-refractivity contribution in [1.29, 1.82) is 0 Å². The molecule has 0 bridgehead atoms. The summed E-state index contributed by atoms with van der Waals surface area (Å²) in [6.45, 7) is 8.45. The SMILES string of the molecule is CCC[C@@H]1c2c(cc(C(=O)OCC)nc2-c2cccc(-c3cc4ccccc4o3)c2)CN1C(=O)NC(C)C. The van der Waals surface area contributed by atoms with Gasteiger partial charge < -0.3 is 19.4 Å². The number of carbonyl (C=O) groups excluding carboxylic acids is 2. The number of benzene rings is 2. The molecule has 0 spiro atoms. The number of aromatic nitrogens is 1. The number of nitrogens with zero attached hydrogens (tertiary/aromatic N) is 2. The highest BCUT2D eigenvalue weighted by Crippen LogP contribution is 2.43. The molecule has 1 aliphatic heterocycles. The standard InChI is InChI=1S/C31H33N3O4/c1-5-10-25-28-23(18-34(25)31(36)32-19(3)4)16-24(30(35)37-6-2)33-29(28)22-13-9-12-20(15-22)27-17-21-11-7-8-14-26(21)38-27/h7-9,11-17,19,25H,5-6,10,18H2,1-4H3,(H,32,36)/t25-/m1/s1. The van der Waals surface area contributed by atoms with E-state index in [1.807, 2.05) is 73.3 Å². The minimum Gasteiger partial charge on any atom is -0.461 e. The third kappa shape index (κ3) is 4.88. The van der Waals surface area contributed by atoms with Crippen molar-refractivity contribution in [2.45, 2.75) is 59.2 Å². The van der Waals surface area contributed by atoms with Gasteiger partial charge in [-0.1, -0.05) is 49.7 Å². The molecular formula is C31H33N3O4. The molecule has 1 atom stereocenters. The van der Waals surface area contributed by atoms with Crippen molar-refractivity contribution in [3.63, 3.8) is 0 Å². The zero-order valence-corrected chi connectivity index (χ0v) is 22.3. The number of para-hydroxylation sites is 1. The lowest BCUT2D eigenvalue weighted by molar-refractivity contribution is 0.0519. The Morgan fingerprint density at radius 3 is 2.61 bits per heavy atom. The van der Waals surface area contributed by atoms with Crippen molar-refractivity contribution in [2.75, 3.05) is 6.61 Å². The predicted molar refractivity (Wildman–Crippen MR) is 148 cm³/mol. The van der Waals surface area contributed by atoms with Crippen LogP contribution in [0.2, 0.25) is 0 Å². The molecule has 2 amide bonds. The second-order valence-electron chi connectivity index (χ2n) is 9.92. The number of ether oxygens (including phenoxy) is 1. The number of hydrogen-bond acceptors (Lipinski definition) is 5. The summed E-state index contributed by atoms with van der Waals surface area (Å²) in [5.74, 6) is 0.288. The molecule has 0 saturated heterocycles. The van der Waals surface area contributed by atoms with Gasteiger partial charge in [-0.15, -0.1) is 0 Å². The van der Waals surface area contributed by atoms with Gasteiger partial charge in [0.15, 0.2) is 0 Å². The molecule has 1 N–H and O–H groups in total. The molecule has 5 rings (SSSR count). The molecule has 2 aromatic heterocycles. The number of nitrogens with one attached hydrogen (secondary N) is 1. The summed E-state index contributed by atoms with van der Waals surface area (Å²) in [6, 6.07) is 19.5. The van der Waals surface area contributed by atoms with Crippen LogP contribution in [-0.2, 0) is 11.3 Å². The minimum atomic E-state index is -0.470. The second-order valence-corrected chi connectivity index (χ2v) is 9.92. The van der Waals surface area contributed by atoms with Gasteiger partial charge in [0.1, 0.15) is 17.0 Å². The first-order valence-corrected chi connectivity index (χ1v) is 13.3. The monoisotopic (exact) mass is 511 g/mol. The van der Waals surface area contributed by atoms with Crippen molar-refractivity contribution in [3.8, 4) is 22.6 Å². The van der Waals surface area contributed by atoms with E-state index in [2.05, 4.69) is 12.2 Å². The number of rotatable bonds is 7. The fourth-order valence-corrected chi connectivity index (χ4v) is 5.15. The molecule has 4 aromatic rings. The maximum Gasteiger partial charge on any atom is 0.356 e. The summed E-state index contributed by atoms with van der Waals surface area (Å²) >= 11 is 0. The molecule has 1 aliphatic rings. The van der Waals surface area contributed by atoms with Crippen LogP contribution in [0.5, 0.6) is 0 Å². The van der Waals surface area contributed by atoms with E-state index >= 15 is 0 Å². The van der Waals surface area contributed by atoms with Crippen LogP contribution in [0, 0.1) is 0 Å². The highest BCUT2D eigenvalue weighted by atomic mass is 16.5. The van der Waals surface area contributed by atoms with Crippen LogP contribution in [0.15, 0.2) is 65.1 Å². The van der Waals surface area contributed by atoms with Gasteiger partial charge in [0.25, 0.3) is 0 Å². The molecule has 3 heterocycles. The number of furan rings is 1. The Morgan fingerprint density at radius 2 is 1.87 bits per heavy atom. The average molecular weight is 512 g/mol. The first kappa shape index (κ1) is 25.5. The van der Waals surface area contributed by atoms with E-state index in [0.717, 1.165) is 51.8 Å². The van der Waals surface area contributed by atoms with Crippen LogP contribution in [0.25, 0.3) is 33.6 Å². The molecule has 0 radical (unpaired) electrons. The van der Waals surface area contributed by atoms with Crippen LogP contribution in [0.4, 0.5) is 4.79 Å². The van der Waals surface area contributed by atoms with Gasteiger partial charge in [0.05, 0.1) is 18.3 Å². The smallest absolute Gasteiger partial charge is 0.356 e. The predicted octanol–water partition coefficient (Wildman–Crippen LogP) is 7.11. The van der Waals surface area contributed by atoms with Gasteiger partial charge in [0.2, 0.25) is 0 Å². The molecule has 0 saturated carbocycles. The zero-order valence-electron chi connectivity index (χ0n) is 22.3. The number of urea groups is 1. The van der Waals surface area contributed by atoms with Crippen LogP contribution >= 0.6 is 0 Å². The normalized spacial score (nSPS) is 14.7. The highest BCUT2D eigenvalue weighted by molar-refractivity contribution is 5.90. The van der Waals surface area contributed by atoms with Crippen LogP contribution < -0.4 is 5.32 Å². The number of hydrogen-bond donors (Lipinski definition) is 1. The van der Waals surface area contributed by atoms with E-state index in [1.54, 1.807) is 13.0 Å². The number of amides is 2. The first-order chi connectivity index (χ1) is 18.4. The van der Waals surface area contributed by atoms with Gasteiger partial charge in [-0.25, -0.2) is 14.6 Å². The molecule has 0 aliphatic carbocycles. The van der Waals surface area contributed by atoms with E-state index in [4.69, 9.17) is 14.1 Å². The second kappa shape index (κ2) is 10.7. The summed E-state index contributed by atoms with van der Waals surface area (Å²) in [5.41, 5.74) is 5.45. The summed E-state index contributed by atoms with van der Waals surface area (Å²) in [5, 5.41) is 4.06. The Bertz CT molecular complexity index is 1460. The Hall–Kier alpha value is -4.13. The largest absolute Gasteiger partial charge is 0.461 e. The van der Waals surface area contributed by atoms with Gasteiger partial charge in [-0.2, -0.15) is 0 Å². The summed E-state index contributed by atoms with van der Waals surface area (Å²) < 4.78 is 11.4. The first-order valence-electron chi connectivity index (χ1n) is 13.3. The third-order valence-corrected chi connectivity index (χ3v) is 6.76. The maximum atomic E-state index is 13.2. The number of pyridine rings is 1. The maximum absolute atomic E-state index is 13.2. The summed E-state index contributed by atoms with van der Waals surface area (Å²) in [6.07, 6.45) is 1.68. The van der Waals surface area contributed by atoms with E-state index < -0.39 is 5.97 Å². The van der Waals surface area contributed by atoms with Gasteiger partial charge in [-0.3, -0.25) is 0 Å². The van der Waals surface area contributed by atoms with Crippen molar-refractivity contribution in [3.05, 3.63) is 77.5 Å². The lowest BCUT2D eigenvalue weighted by Gasteiger charge is -2.27. The van der Waals surface area contributed by atoms with Crippen LogP contribution in [-0.4, -0.2) is 34.5 Å². The van der Waals surface area contributed by atoms with Crippen LogP contribution in [0.3, 0.4) is 0 Å². The molecule has 0 fully saturated rings. The lowest BCUT2D eigenvalue weighted by atomic mass is 9.94. The Morgan fingerprint density at radius 1 is 1.08 bits per heavy atom. The van der Waals surface area contributed by atoms with E-state index in [1.165, 1.54) is 0 Å². The number of fused-ring (bicyclic) bond motifs is 2. The fourth-order valence-electron chi connectivity index (χ4n) is 5.15. The third-order valence-electron chi connectivity index (χ3n) is 6.76. The van der Waals surface area contributed by atoms with Gasteiger partial charge >= 0.3 is 12.0 Å². The Labute approximate surface area is 222 Å². The van der Waals surface area contributed by atoms with E-state index in [9.17, 15) is 9.59 Å². The molecule has 7 heteroatoms.